The van der Waals surface area contributed by atoms with Crippen LogP contribution in [0.15, 0.2) is 0 Å². The first-order chi connectivity index (χ1) is 9.61. The molecule has 0 bridgehead atoms. The maximum absolute atomic E-state index is 10.9. The molecule has 0 saturated carbocycles. The minimum atomic E-state index is -0.655. The Labute approximate surface area is 122 Å². The van der Waals surface area contributed by atoms with Crippen LogP contribution in [0.3, 0.4) is 0 Å². The lowest BCUT2D eigenvalue weighted by Crippen LogP contribution is -2.12. The number of carboxylic acid groups (broad SMARTS) is 1. The van der Waals surface area contributed by atoms with Crippen molar-refractivity contribution in [2.45, 2.75) is 77.6 Å². The summed E-state index contributed by atoms with van der Waals surface area (Å²) in [6.45, 7) is 1.94. The van der Waals surface area contributed by atoms with Crippen molar-refractivity contribution in [3.05, 3.63) is 0 Å². The number of esters is 1. The lowest BCUT2D eigenvalue weighted by molar-refractivity contribution is -0.142. The van der Waals surface area contributed by atoms with Gasteiger partial charge in [0.2, 0.25) is 0 Å². The van der Waals surface area contributed by atoms with E-state index in [-0.39, 0.29) is 11.9 Å². The van der Waals surface area contributed by atoms with Crippen molar-refractivity contribution < 1.29 is 19.4 Å². The van der Waals surface area contributed by atoms with Crippen molar-refractivity contribution in [3.8, 4) is 0 Å². The molecule has 20 heavy (non-hydrogen) atoms. The van der Waals surface area contributed by atoms with Gasteiger partial charge in [-0.05, 0) is 19.3 Å². The number of carboxylic acids is 1. The molecular formula is C16H30O4. The SMILES string of the molecule is CC[C@H](CCCCCCCCCCC(=O)OC)C(=O)O. The highest BCUT2D eigenvalue weighted by molar-refractivity contribution is 5.69. The van der Waals surface area contributed by atoms with Crippen molar-refractivity contribution in [1.29, 1.82) is 0 Å². The summed E-state index contributed by atoms with van der Waals surface area (Å²) in [5, 5.41) is 8.92. The maximum atomic E-state index is 10.9. The zero-order valence-corrected chi connectivity index (χ0v) is 13.0. The third kappa shape index (κ3) is 10.8. The molecule has 0 unspecified atom stereocenters. The Kier molecular flexibility index (Phi) is 12.3. The van der Waals surface area contributed by atoms with Crippen LogP contribution in [0.4, 0.5) is 0 Å². The molecule has 0 rings (SSSR count). The number of carbonyl (C=O) groups is 2. The summed E-state index contributed by atoms with van der Waals surface area (Å²) in [7, 11) is 1.43. The molecule has 0 fully saturated rings. The van der Waals surface area contributed by atoms with Gasteiger partial charge in [-0.1, -0.05) is 51.9 Å². The van der Waals surface area contributed by atoms with E-state index in [1.54, 1.807) is 0 Å². The zero-order valence-electron chi connectivity index (χ0n) is 13.0. The van der Waals surface area contributed by atoms with Crippen LogP contribution >= 0.6 is 0 Å². The van der Waals surface area contributed by atoms with Crippen molar-refractivity contribution in [1.82, 2.24) is 0 Å². The molecule has 0 amide bonds. The number of aliphatic carboxylic acids is 1. The highest BCUT2D eigenvalue weighted by atomic mass is 16.5. The number of hydrogen-bond acceptors (Lipinski definition) is 3. The largest absolute Gasteiger partial charge is 0.481 e. The summed E-state index contributed by atoms with van der Waals surface area (Å²) in [4.78, 5) is 21.7. The molecule has 0 aliphatic heterocycles. The van der Waals surface area contributed by atoms with Gasteiger partial charge in [-0.3, -0.25) is 9.59 Å². The molecule has 0 aromatic carbocycles. The Bertz CT molecular complexity index is 263. The van der Waals surface area contributed by atoms with Gasteiger partial charge in [-0.15, -0.1) is 0 Å². The van der Waals surface area contributed by atoms with Gasteiger partial charge in [0.15, 0.2) is 0 Å². The van der Waals surface area contributed by atoms with Gasteiger partial charge in [-0.2, -0.15) is 0 Å². The maximum Gasteiger partial charge on any atom is 0.306 e. The van der Waals surface area contributed by atoms with E-state index in [2.05, 4.69) is 4.74 Å². The van der Waals surface area contributed by atoms with Gasteiger partial charge in [-0.25, -0.2) is 0 Å². The summed E-state index contributed by atoms with van der Waals surface area (Å²) < 4.78 is 4.59. The predicted molar refractivity (Wildman–Crippen MR) is 79.6 cm³/mol. The Hall–Kier alpha value is -1.06. The summed E-state index contributed by atoms with van der Waals surface area (Å²) in [5.41, 5.74) is 0. The molecule has 4 heteroatoms. The Morgan fingerprint density at radius 3 is 1.90 bits per heavy atom. The van der Waals surface area contributed by atoms with Crippen molar-refractivity contribution >= 4 is 11.9 Å². The van der Waals surface area contributed by atoms with E-state index in [0.717, 1.165) is 38.5 Å². The molecule has 1 atom stereocenters. The standard InChI is InChI=1S/C16H30O4/c1-3-14(16(18)19)12-10-8-6-4-5-7-9-11-13-15(17)20-2/h14H,3-13H2,1-2H3,(H,18,19)/t14-/m1/s1. The number of rotatable bonds is 13. The highest BCUT2D eigenvalue weighted by Gasteiger charge is 2.13. The predicted octanol–water partition coefficient (Wildman–Crippen LogP) is 4.17. The first-order valence-electron chi connectivity index (χ1n) is 7.91. The fourth-order valence-electron chi connectivity index (χ4n) is 2.33. The molecule has 0 aromatic heterocycles. The van der Waals surface area contributed by atoms with Gasteiger partial charge in [0.1, 0.15) is 0 Å². The number of methoxy groups -OCH3 is 1. The first-order valence-corrected chi connectivity index (χ1v) is 7.91. The zero-order chi connectivity index (χ0) is 15.2. The topological polar surface area (TPSA) is 63.6 Å². The van der Waals surface area contributed by atoms with Crippen LogP contribution < -0.4 is 0 Å². The lowest BCUT2D eigenvalue weighted by Gasteiger charge is -2.08. The molecule has 1 N–H and O–H groups in total. The van der Waals surface area contributed by atoms with Crippen LogP contribution in [0, 0.1) is 5.92 Å². The van der Waals surface area contributed by atoms with Crippen molar-refractivity contribution in [2.75, 3.05) is 7.11 Å². The molecule has 118 valence electrons. The van der Waals surface area contributed by atoms with Crippen molar-refractivity contribution in [3.63, 3.8) is 0 Å². The van der Waals surface area contributed by atoms with Crippen LogP contribution in [-0.2, 0) is 14.3 Å². The van der Waals surface area contributed by atoms with Crippen LogP contribution in [0.2, 0.25) is 0 Å². The van der Waals surface area contributed by atoms with Gasteiger partial charge in [0.25, 0.3) is 0 Å². The Morgan fingerprint density at radius 1 is 0.950 bits per heavy atom. The molecule has 4 nitrogen and oxygen atoms in total. The van der Waals surface area contributed by atoms with Crippen LogP contribution in [0.25, 0.3) is 0 Å². The fourth-order valence-corrected chi connectivity index (χ4v) is 2.33. The number of ether oxygens (including phenoxy) is 1. The summed E-state index contributed by atoms with van der Waals surface area (Å²) in [6, 6.07) is 0. The quantitative estimate of drug-likeness (QED) is 0.407. The van der Waals surface area contributed by atoms with E-state index >= 15 is 0 Å². The molecule has 0 radical (unpaired) electrons. The van der Waals surface area contributed by atoms with E-state index in [1.165, 1.54) is 32.8 Å². The average molecular weight is 286 g/mol. The van der Waals surface area contributed by atoms with Gasteiger partial charge in [0, 0.05) is 6.42 Å². The lowest BCUT2D eigenvalue weighted by atomic mass is 9.98. The van der Waals surface area contributed by atoms with E-state index in [4.69, 9.17) is 5.11 Å². The molecule has 0 heterocycles. The molecule has 0 aliphatic rings. The minimum Gasteiger partial charge on any atom is -0.481 e. The minimum absolute atomic E-state index is 0.117. The second-order valence-corrected chi connectivity index (χ2v) is 5.39. The van der Waals surface area contributed by atoms with Crippen LogP contribution in [0.1, 0.15) is 77.6 Å². The van der Waals surface area contributed by atoms with E-state index in [1.807, 2.05) is 6.92 Å². The monoisotopic (exact) mass is 286 g/mol. The summed E-state index contributed by atoms with van der Waals surface area (Å²) >= 11 is 0. The molecule has 0 aliphatic carbocycles. The smallest absolute Gasteiger partial charge is 0.306 e. The molecule has 0 saturated heterocycles. The van der Waals surface area contributed by atoms with E-state index in [9.17, 15) is 9.59 Å². The Morgan fingerprint density at radius 2 is 1.45 bits per heavy atom. The number of carbonyl (C=O) groups excluding carboxylic acids is 1. The average Bonchev–Trinajstić information content (AvgIpc) is 2.44. The summed E-state index contributed by atoms with van der Waals surface area (Å²) in [5.74, 6) is -0.930. The highest BCUT2D eigenvalue weighted by Crippen LogP contribution is 2.16. The van der Waals surface area contributed by atoms with E-state index in [0.29, 0.717) is 6.42 Å². The fraction of sp³-hybridized carbons (Fsp3) is 0.875. The first kappa shape index (κ1) is 18.9. The van der Waals surface area contributed by atoms with Crippen LogP contribution in [-0.4, -0.2) is 24.2 Å². The number of hydrogen-bond donors (Lipinski definition) is 1. The normalized spacial score (nSPS) is 12.1. The number of unbranched alkanes of at least 4 members (excludes halogenated alkanes) is 7. The Balaban J connectivity index is 3.24. The third-order valence-electron chi connectivity index (χ3n) is 3.75. The van der Waals surface area contributed by atoms with E-state index < -0.39 is 5.97 Å². The van der Waals surface area contributed by atoms with Gasteiger partial charge >= 0.3 is 11.9 Å². The molecule has 0 spiro atoms. The van der Waals surface area contributed by atoms with Gasteiger partial charge in [0.05, 0.1) is 13.0 Å². The molecule has 0 aromatic rings. The second-order valence-electron chi connectivity index (χ2n) is 5.39. The van der Waals surface area contributed by atoms with Crippen molar-refractivity contribution in [2.24, 2.45) is 5.92 Å². The second kappa shape index (κ2) is 12.9. The van der Waals surface area contributed by atoms with Gasteiger partial charge < -0.3 is 9.84 Å². The third-order valence-corrected chi connectivity index (χ3v) is 3.75. The summed E-state index contributed by atoms with van der Waals surface area (Å²) in [6.07, 6.45) is 11.0. The molecular weight excluding hydrogens is 256 g/mol. The van der Waals surface area contributed by atoms with Crippen LogP contribution in [0.5, 0.6) is 0 Å².